The number of fused-ring (bicyclic) bond motifs is 1. The molecular weight excluding hydrogens is 384 g/mol. The van der Waals surface area contributed by atoms with E-state index in [2.05, 4.69) is 15.1 Å². The van der Waals surface area contributed by atoms with Gasteiger partial charge in [0, 0.05) is 51.4 Å². The van der Waals surface area contributed by atoms with E-state index in [0.29, 0.717) is 31.1 Å². The number of methoxy groups -OCH3 is 1. The second-order valence-electron chi connectivity index (χ2n) is 7.53. The molecule has 1 aliphatic heterocycles. The molecule has 1 aromatic carbocycles. The predicted octanol–water partition coefficient (Wildman–Crippen LogP) is 0.905. The van der Waals surface area contributed by atoms with Crippen LogP contribution in [0, 0.1) is 6.92 Å². The summed E-state index contributed by atoms with van der Waals surface area (Å²) in [5.41, 5.74) is 2.12. The number of benzene rings is 1. The average Bonchev–Trinajstić information content (AvgIpc) is 3.08. The number of piperazine rings is 1. The molecule has 0 saturated carbocycles. The minimum atomic E-state index is -0.0871. The number of aryl methyl sites for hydroxylation is 2. The fraction of sp³-hybridized carbons (Fsp3) is 0.429. The first-order valence-corrected chi connectivity index (χ1v) is 10.0. The number of aromatic nitrogens is 4. The number of rotatable bonds is 5. The molecule has 0 unspecified atom stereocenters. The van der Waals surface area contributed by atoms with Gasteiger partial charge < -0.3 is 9.64 Å². The zero-order valence-corrected chi connectivity index (χ0v) is 17.5. The molecule has 1 fully saturated rings. The smallest absolute Gasteiger partial charge is 0.266 e. The Bertz CT molecular complexity index is 1130. The van der Waals surface area contributed by atoms with E-state index in [1.807, 2.05) is 37.1 Å². The van der Waals surface area contributed by atoms with Crippen molar-refractivity contribution in [3.63, 3.8) is 0 Å². The summed E-state index contributed by atoms with van der Waals surface area (Å²) >= 11 is 0. The number of hydrogen-bond acceptors (Lipinski definition) is 6. The fourth-order valence-electron chi connectivity index (χ4n) is 3.86. The summed E-state index contributed by atoms with van der Waals surface area (Å²) in [5.74, 6) is 0.692. The lowest BCUT2D eigenvalue weighted by molar-refractivity contribution is 0.0631. The molecular formula is C21H26N6O3. The molecule has 2 aromatic heterocycles. The van der Waals surface area contributed by atoms with Gasteiger partial charge in [0.15, 0.2) is 0 Å². The topological polar surface area (TPSA) is 85.5 Å². The second kappa shape index (κ2) is 8.27. The van der Waals surface area contributed by atoms with Crippen molar-refractivity contribution in [1.82, 2.24) is 29.4 Å². The van der Waals surface area contributed by atoms with Gasteiger partial charge in [0.05, 0.1) is 30.3 Å². The standard InChI is InChI=1S/C21H26N6O3/c1-15-4-7-19(28)27(22-15)13-10-25-8-11-26(12-9-25)20(29)16-5-6-17-18(14-16)23-24(2)21(17)30-3/h4-7,14H,8-13H2,1-3H3. The SMILES string of the molecule is COc1c2ccc(C(=O)N3CCN(CCn4nc(C)ccc4=O)CC3)cc2nn1C. The van der Waals surface area contributed by atoms with E-state index in [1.54, 1.807) is 23.9 Å². The summed E-state index contributed by atoms with van der Waals surface area (Å²) in [7, 11) is 3.43. The van der Waals surface area contributed by atoms with Gasteiger partial charge in [-0.05, 0) is 31.2 Å². The minimum Gasteiger partial charge on any atom is -0.481 e. The molecule has 0 aliphatic carbocycles. The third-order valence-electron chi connectivity index (χ3n) is 5.51. The maximum atomic E-state index is 13.0. The highest BCUT2D eigenvalue weighted by atomic mass is 16.5. The summed E-state index contributed by atoms with van der Waals surface area (Å²) in [5, 5.41) is 9.59. The zero-order chi connectivity index (χ0) is 21.3. The molecule has 1 aliphatic rings. The molecule has 30 heavy (non-hydrogen) atoms. The van der Waals surface area contributed by atoms with Crippen LogP contribution in [0.15, 0.2) is 35.1 Å². The van der Waals surface area contributed by atoms with Gasteiger partial charge in [-0.3, -0.25) is 14.5 Å². The van der Waals surface area contributed by atoms with E-state index in [0.717, 1.165) is 36.2 Å². The molecule has 4 rings (SSSR count). The van der Waals surface area contributed by atoms with Crippen molar-refractivity contribution >= 4 is 16.8 Å². The summed E-state index contributed by atoms with van der Waals surface area (Å²) in [6.07, 6.45) is 0. The van der Waals surface area contributed by atoms with Crippen molar-refractivity contribution in [2.75, 3.05) is 39.8 Å². The lowest BCUT2D eigenvalue weighted by atomic mass is 10.1. The van der Waals surface area contributed by atoms with Crippen molar-refractivity contribution in [3.8, 4) is 5.88 Å². The Labute approximate surface area is 174 Å². The molecule has 0 radical (unpaired) electrons. The van der Waals surface area contributed by atoms with Gasteiger partial charge in [0.2, 0.25) is 5.88 Å². The Morgan fingerprint density at radius 1 is 1.07 bits per heavy atom. The van der Waals surface area contributed by atoms with Crippen molar-refractivity contribution in [3.05, 3.63) is 51.9 Å². The molecule has 0 N–H and O–H groups in total. The fourth-order valence-corrected chi connectivity index (χ4v) is 3.86. The van der Waals surface area contributed by atoms with Crippen LogP contribution in [0.3, 0.4) is 0 Å². The first kappa shape index (κ1) is 20.1. The highest BCUT2D eigenvalue weighted by Crippen LogP contribution is 2.25. The lowest BCUT2D eigenvalue weighted by Gasteiger charge is -2.34. The zero-order valence-electron chi connectivity index (χ0n) is 17.5. The number of amides is 1. The van der Waals surface area contributed by atoms with Gasteiger partial charge >= 0.3 is 0 Å². The van der Waals surface area contributed by atoms with Crippen molar-refractivity contribution < 1.29 is 9.53 Å². The summed E-state index contributed by atoms with van der Waals surface area (Å²) in [6.45, 7) is 6.00. The van der Waals surface area contributed by atoms with Crippen LogP contribution in [0.1, 0.15) is 16.1 Å². The number of carbonyl (C=O) groups is 1. The normalized spacial score (nSPS) is 15.0. The molecule has 3 heterocycles. The van der Waals surface area contributed by atoms with Gasteiger partial charge in [-0.15, -0.1) is 0 Å². The van der Waals surface area contributed by atoms with Crippen LogP contribution in [0.5, 0.6) is 5.88 Å². The van der Waals surface area contributed by atoms with Crippen molar-refractivity contribution in [1.29, 1.82) is 0 Å². The van der Waals surface area contributed by atoms with Gasteiger partial charge in [-0.1, -0.05) is 0 Å². The Morgan fingerprint density at radius 2 is 1.83 bits per heavy atom. The molecule has 9 heteroatoms. The summed E-state index contributed by atoms with van der Waals surface area (Å²) in [4.78, 5) is 29.0. The van der Waals surface area contributed by atoms with Crippen LogP contribution in [0.25, 0.3) is 10.9 Å². The Hall–Kier alpha value is -3.20. The third kappa shape index (κ3) is 3.93. The molecule has 3 aromatic rings. The average molecular weight is 410 g/mol. The van der Waals surface area contributed by atoms with E-state index in [1.165, 1.54) is 4.68 Å². The first-order chi connectivity index (χ1) is 14.5. The molecule has 158 valence electrons. The van der Waals surface area contributed by atoms with Gasteiger partial charge in [0.25, 0.3) is 11.5 Å². The van der Waals surface area contributed by atoms with E-state index in [4.69, 9.17) is 4.74 Å². The van der Waals surface area contributed by atoms with Crippen LogP contribution in [0.2, 0.25) is 0 Å². The minimum absolute atomic E-state index is 0.0118. The predicted molar refractivity (Wildman–Crippen MR) is 113 cm³/mol. The highest BCUT2D eigenvalue weighted by Gasteiger charge is 2.23. The van der Waals surface area contributed by atoms with E-state index in [9.17, 15) is 9.59 Å². The van der Waals surface area contributed by atoms with Crippen molar-refractivity contribution in [2.24, 2.45) is 7.05 Å². The first-order valence-electron chi connectivity index (χ1n) is 10.0. The van der Waals surface area contributed by atoms with Crippen LogP contribution in [-0.2, 0) is 13.6 Å². The number of ether oxygens (including phenoxy) is 1. The summed E-state index contributed by atoms with van der Waals surface area (Å²) < 4.78 is 8.55. The quantitative estimate of drug-likeness (QED) is 0.622. The van der Waals surface area contributed by atoms with Gasteiger partial charge in [0.1, 0.15) is 0 Å². The molecule has 0 bridgehead atoms. The maximum absolute atomic E-state index is 13.0. The van der Waals surface area contributed by atoms with Gasteiger partial charge in [-0.2, -0.15) is 10.2 Å². The maximum Gasteiger partial charge on any atom is 0.266 e. The lowest BCUT2D eigenvalue weighted by Crippen LogP contribution is -2.49. The van der Waals surface area contributed by atoms with Crippen LogP contribution >= 0.6 is 0 Å². The molecule has 9 nitrogen and oxygen atoms in total. The third-order valence-corrected chi connectivity index (χ3v) is 5.51. The Balaban J connectivity index is 1.36. The summed E-state index contributed by atoms with van der Waals surface area (Å²) in [6, 6.07) is 8.81. The van der Waals surface area contributed by atoms with E-state index >= 15 is 0 Å². The molecule has 1 amide bonds. The van der Waals surface area contributed by atoms with Crippen LogP contribution < -0.4 is 10.3 Å². The Kier molecular flexibility index (Phi) is 5.54. The number of hydrogen-bond donors (Lipinski definition) is 0. The van der Waals surface area contributed by atoms with E-state index in [-0.39, 0.29) is 11.5 Å². The Morgan fingerprint density at radius 3 is 2.57 bits per heavy atom. The monoisotopic (exact) mass is 410 g/mol. The van der Waals surface area contributed by atoms with Gasteiger partial charge in [-0.25, -0.2) is 9.36 Å². The molecule has 0 spiro atoms. The van der Waals surface area contributed by atoms with Crippen molar-refractivity contribution in [2.45, 2.75) is 13.5 Å². The largest absolute Gasteiger partial charge is 0.481 e. The molecule has 1 saturated heterocycles. The molecule has 0 atom stereocenters. The highest BCUT2D eigenvalue weighted by molar-refractivity contribution is 5.98. The van der Waals surface area contributed by atoms with Crippen LogP contribution in [0.4, 0.5) is 0 Å². The van der Waals surface area contributed by atoms with E-state index < -0.39 is 0 Å². The van der Waals surface area contributed by atoms with Crippen LogP contribution in [-0.4, -0.2) is 75.1 Å². The second-order valence-corrected chi connectivity index (χ2v) is 7.53. The number of carbonyl (C=O) groups excluding carboxylic acids is 1. The number of nitrogens with zero attached hydrogens (tertiary/aromatic N) is 6.